The molecule has 2 aliphatic rings. The van der Waals surface area contributed by atoms with Crippen LogP contribution in [-0.2, 0) is 9.53 Å². The van der Waals surface area contributed by atoms with Gasteiger partial charge in [0, 0.05) is 31.2 Å². The average Bonchev–Trinajstić information content (AvgIpc) is 2.80. The summed E-state index contributed by atoms with van der Waals surface area (Å²) in [5, 5.41) is 3.25. The van der Waals surface area contributed by atoms with Crippen molar-refractivity contribution >= 4 is 35.0 Å². The van der Waals surface area contributed by atoms with Gasteiger partial charge in [0.05, 0.1) is 18.3 Å². The number of halogens is 1. The molecule has 4 bridgehead atoms. The number of amides is 1. The summed E-state index contributed by atoms with van der Waals surface area (Å²) >= 11 is 6.54. The average molecular weight is 376 g/mol. The summed E-state index contributed by atoms with van der Waals surface area (Å²) in [6.45, 7) is 3.27. The van der Waals surface area contributed by atoms with Gasteiger partial charge in [-0.05, 0) is 24.1 Å². The van der Waals surface area contributed by atoms with Crippen molar-refractivity contribution in [1.82, 2.24) is 9.97 Å². The number of carbonyl (C=O) groups is 1. The molecule has 4 rings (SSSR count). The Balaban J connectivity index is 1.92. The van der Waals surface area contributed by atoms with E-state index in [1.54, 1.807) is 12.1 Å². The second kappa shape index (κ2) is 6.62. The normalized spacial score (nSPS) is 18.5. The minimum Gasteiger partial charge on any atom is -0.437 e. The predicted molar refractivity (Wildman–Crippen MR) is 97.8 cm³/mol. The number of nitrogens with zero attached hydrogens (tertiary/aromatic N) is 3. The van der Waals surface area contributed by atoms with Gasteiger partial charge in [0.15, 0.2) is 5.75 Å². The number of carbonyl (C=O) groups excluding carboxylic acids is 1. The number of nitrogens with one attached hydrogen (secondary N) is 1. The summed E-state index contributed by atoms with van der Waals surface area (Å²) in [6.07, 6.45) is 0.852. The van der Waals surface area contributed by atoms with Crippen LogP contribution in [-0.4, -0.2) is 35.6 Å². The number of aromatic nitrogens is 2. The molecule has 0 spiro atoms. The molecule has 1 aromatic carbocycles. The molecule has 1 saturated heterocycles. The maximum absolute atomic E-state index is 11.5. The molecular weight excluding hydrogens is 358 g/mol. The van der Waals surface area contributed by atoms with Crippen LogP contribution in [0.1, 0.15) is 24.9 Å². The third-order valence-corrected chi connectivity index (χ3v) is 4.65. The molecule has 1 amide bonds. The number of hydrogen-bond acceptors (Lipinski definition) is 7. The first-order valence-corrected chi connectivity index (χ1v) is 8.67. The molecule has 1 aromatic heterocycles. The highest BCUT2D eigenvalue weighted by molar-refractivity contribution is 6.32. The van der Waals surface area contributed by atoms with E-state index in [0.29, 0.717) is 41.4 Å². The quantitative estimate of drug-likeness (QED) is 0.789. The molecule has 1 atom stereocenters. The van der Waals surface area contributed by atoms with E-state index in [2.05, 4.69) is 20.2 Å². The first-order chi connectivity index (χ1) is 12.5. The molecule has 3 heterocycles. The smallest absolute Gasteiger partial charge is 0.226 e. The molecule has 1 fully saturated rings. The van der Waals surface area contributed by atoms with E-state index < -0.39 is 0 Å². The fourth-order valence-electron chi connectivity index (χ4n) is 3.25. The van der Waals surface area contributed by atoms with Crippen molar-refractivity contribution in [2.45, 2.75) is 19.4 Å². The highest BCUT2D eigenvalue weighted by Gasteiger charge is 2.30. The van der Waals surface area contributed by atoms with Gasteiger partial charge < -0.3 is 25.4 Å². The SMILES string of the molecule is CC(=O)Nc1cc(Cl)c2cc1Oc1cc(nc(N)n1)N1CCCOCC21. The number of nitrogen functional groups attached to an aromatic ring is 1. The van der Waals surface area contributed by atoms with Gasteiger partial charge in [-0.1, -0.05) is 11.6 Å². The summed E-state index contributed by atoms with van der Waals surface area (Å²) in [4.78, 5) is 22.1. The van der Waals surface area contributed by atoms with Crippen molar-refractivity contribution in [2.75, 3.05) is 35.7 Å². The predicted octanol–water partition coefficient (Wildman–Crippen LogP) is 2.74. The monoisotopic (exact) mass is 375 g/mol. The van der Waals surface area contributed by atoms with E-state index in [0.717, 1.165) is 18.5 Å². The fraction of sp³-hybridized carbons (Fsp3) is 0.353. The van der Waals surface area contributed by atoms with Crippen molar-refractivity contribution < 1.29 is 14.3 Å². The van der Waals surface area contributed by atoms with Crippen molar-refractivity contribution in [2.24, 2.45) is 0 Å². The largest absolute Gasteiger partial charge is 0.437 e. The number of fused-ring (bicyclic) bond motifs is 7. The second-order valence-electron chi connectivity index (χ2n) is 6.21. The highest BCUT2D eigenvalue weighted by atomic mass is 35.5. The lowest BCUT2D eigenvalue weighted by molar-refractivity contribution is -0.114. The van der Waals surface area contributed by atoms with Crippen molar-refractivity contribution in [3.63, 3.8) is 0 Å². The van der Waals surface area contributed by atoms with Gasteiger partial charge in [0.25, 0.3) is 0 Å². The van der Waals surface area contributed by atoms with Gasteiger partial charge >= 0.3 is 0 Å². The minimum atomic E-state index is -0.226. The van der Waals surface area contributed by atoms with E-state index >= 15 is 0 Å². The van der Waals surface area contributed by atoms with Crippen LogP contribution < -0.4 is 20.7 Å². The second-order valence-corrected chi connectivity index (χ2v) is 6.62. The Kier molecular flexibility index (Phi) is 4.29. The summed E-state index contributed by atoms with van der Waals surface area (Å²) in [7, 11) is 0. The third kappa shape index (κ3) is 3.13. The number of nitrogens with two attached hydrogens (primary N) is 1. The topological polar surface area (TPSA) is 103 Å². The van der Waals surface area contributed by atoms with Crippen molar-refractivity contribution in [1.29, 1.82) is 0 Å². The highest BCUT2D eigenvalue weighted by Crippen LogP contribution is 2.42. The summed E-state index contributed by atoms with van der Waals surface area (Å²) in [5.41, 5.74) is 7.18. The number of ether oxygens (including phenoxy) is 2. The number of hydrogen-bond donors (Lipinski definition) is 2. The minimum absolute atomic E-state index is 0.114. The zero-order valence-corrected chi connectivity index (χ0v) is 14.9. The molecule has 0 radical (unpaired) electrons. The van der Waals surface area contributed by atoms with Crippen LogP contribution in [0.3, 0.4) is 0 Å². The van der Waals surface area contributed by atoms with Crippen LogP contribution >= 0.6 is 11.6 Å². The number of anilines is 3. The van der Waals surface area contributed by atoms with E-state index in [9.17, 15) is 4.79 Å². The maximum Gasteiger partial charge on any atom is 0.226 e. The van der Waals surface area contributed by atoms with Crippen LogP contribution in [0, 0.1) is 0 Å². The lowest BCUT2D eigenvalue weighted by atomic mass is 10.0. The van der Waals surface area contributed by atoms with Crippen LogP contribution in [0.5, 0.6) is 11.6 Å². The van der Waals surface area contributed by atoms with E-state index in [-0.39, 0.29) is 17.9 Å². The zero-order chi connectivity index (χ0) is 18.3. The lowest BCUT2D eigenvalue weighted by Gasteiger charge is -2.31. The molecule has 0 saturated carbocycles. The standard InChI is InChI=1S/C17H18ClN5O3/c1-9(24)20-12-6-11(18)10-5-14(12)26-16-7-15(21-17(19)22-16)23-3-2-4-25-8-13(10)23/h5-7,13H,2-4,8H2,1H3,(H,20,24)(H2,19,21,22). The van der Waals surface area contributed by atoms with Gasteiger partial charge in [-0.2, -0.15) is 9.97 Å². The van der Waals surface area contributed by atoms with Crippen molar-refractivity contribution in [3.8, 4) is 11.6 Å². The van der Waals surface area contributed by atoms with Gasteiger partial charge in [-0.15, -0.1) is 0 Å². The Labute approximate surface area is 155 Å². The van der Waals surface area contributed by atoms with Crippen LogP contribution in [0.2, 0.25) is 5.02 Å². The van der Waals surface area contributed by atoms with Gasteiger partial charge in [0.1, 0.15) is 5.82 Å². The van der Waals surface area contributed by atoms with Gasteiger partial charge in [0.2, 0.25) is 17.7 Å². The lowest BCUT2D eigenvalue weighted by Crippen LogP contribution is -2.31. The van der Waals surface area contributed by atoms with Gasteiger partial charge in [-0.3, -0.25) is 4.79 Å². The van der Waals surface area contributed by atoms with Crippen LogP contribution in [0.25, 0.3) is 0 Å². The van der Waals surface area contributed by atoms with Crippen LogP contribution in [0.15, 0.2) is 18.2 Å². The van der Waals surface area contributed by atoms with Gasteiger partial charge in [-0.25, -0.2) is 0 Å². The molecule has 136 valence electrons. The summed E-state index contributed by atoms with van der Waals surface area (Å²) < 4.78 is 11.7. The van der Waals surface area contributed by atoms with E-state index in [4.69, 9.17) is 26.8 Å². The summed E-state index contributed by atoms with van der Waals surface area (Å²) in [6, 6.07) is 5.07. The number of benzene rings is 1. The molecule has 0 aliphatic carbocycles. The van der Waals surface area contributed by atoms with Crippen molar-refractivity contribution in [3.05, 3.63) is 28.8 Å². The van der Waals surface area contributed by atoms with Crippen LogP contribution in [0.4, 0.5) is 17.5 Å². The molecular formula is C17H18ClN5O3. The molecule has 26 heavy (non-hydrogen) atoms. The summed E-state index contributed by atoms with van der Waals surface area (Å²) in [5.74, 6) is 1.29. The Bertz CT molecular complexity index is 876. The molecule has 3 N–H and O–H groups in total. The molecule has 1 unspecified atom stereocenters. The fourth-order valence-corrected chi connectivity index (χ4v) is 3.54. The first-order valence-electron chi connectivity index (χ1n) is 8.29. The van der Waals surface area contributed by atoms with E-state index in [1.165, 1.54) is 6.92 Å². The Morgan fingerprint density at radius 2 is 2.23 bits per heavy atom. The van der Waals surface area contributed by atoms with E-state index in [1.807, 2.05) is 6.07 Å². The Morgan fingerprint density at radius 1 is 1.38 bits per heavy atom. The Hall–Kier alpha value is -2.58. The molecule has 2 aromatic rings. The Morgan fingerprint density at radius 3 is 3.04 bits per heavy atom. The zero-order valence-electron chi connectivity index (χ0n) is 14.2. The number of rotatable bonds is 1. The molecule has 9 heteroatoms. The molecule has 8 nitrogen and oxygen atoms in total. The molecule has 2 aliphatic heterocycles. The maximum atomic E-state index is 11.5. The third-order valence-electron chi connectivity index (χ3n) is 4.32. The first kappa shape index (κ1) is 16.9.